The van der Waals surface area contributed by atoms with Crippen molar-refractivity contribution in [2.45, 2.75) is 6.42 Å². The van der Waals surface area contributed by atoms with Gasteiger partial charge in [0.2, 0.25) is 0 Å². The number of benzene rings is 1. The average Bonchev–Trinajstić information content (AvgIpc) is 2.40. The van der Waals surface area contributed by atoms with Crippen molar-refractivity contribution in [3.63, 3.8) is 0 Å². The summed E-state index contributed by atoms with van der Waals surface area (Å²) in [5.41, 5.74) is 6.83. The van der Waals surface area contributed by atoms with Gasteiger partial charge in [0.05, 0.1) is 19.8 Å². The van der Waals surface area contributed by atoms with Gasteiger partial charge in [0.15, 0.2) is 0 Å². The van der Waals surface area contributed by atoms with Crippen LogP contribution in [0.4, 0.5) is 16.2 Å². The van der Waals surface area contributed by atoms with Crippen LogP contribution < -0.4 is 11.1 Å². The number of amides is 1. The molecule has 0 saturated carbocycles. The predicted molar refractivity (Wildman–Crippen MR) is 73.1 cm³/mol. The summed E-state index contributed by atoms with van der Waals surface area (Å²) in [5, 5.41) is 2.60. The van der Waals surface area contributed by atoms with Gasteiger partial charge in [-0.25, -0.2) is 4.79 Å². The summed E-state index contributed by atoms with van der Waals surface area (Å²) in [5.74, 6) is 0. The number of carbonyl (C=O) groups is 1. The normalized spacial score (nSPS) is 10.2. The molecule has 106 valence electrons. The van der Waals surface area contributed by atoms with Crippen LogP contribution in [0.2, 0.25) is 0 Å². The Bertz CT molecular complexity index is 367. The maximum Gasteiger partial charge on any atom is 0.411 e. The largest absolute Gasteiger partial charge is 0.449 e. The van der Waals surface area contributed by atoms with Crippen LogP contribution in [0.15, 0.2) is 24.3 Å². The van der Waals surface area contributed by atoms with Crippen molar-refractivity contribution in [3.8, 4) is 0 Å². The lowest BCUT2D eigenvalue weighted by atomic mass is 10.3. The van der Waals surface area contributed by atoms with Crippen LogP contribution in [0.5, 0.6) is 0 Å². The highest BCUT2D eigenvalue weighted by Gasteiger charge is 2.02. The topological polar surface area (TPSA) is 82.8 Å². The van der Waals surface area contributed by atoms with Crippen LogP contribution in [-0.4, -0.2) is 39.6 Å². The van der Waals surface area contributed by atoms with Crippen LogP contribution in [0.1, 0.15) is 6.42 Å². The number of rotatable bonds is 8. The number of nitrogens with two attached hydrogens (primary N) is 1. The van der Waals surface area contributed by atoms with E-state index in [0.29, 0.717) is 44.2 Å². The van der Waals surface area contributed by atoms with Crippen LogP contribution in [-0.2, 0) is 14.2 Å². The SMILES string of the molecule is COCCOCCCOC(=O)Nc1ccc(N)cc1. The summed E-state index contributed by atoms with van der Waals surface area (Å²) in [7, 11) is 1.62. The molecule has 0 saturated heterocycles. The predicted octanol–water partition coefficient (Wildman–Crippen LogP) is 1.87. The van der Waals surface area contributed by atoms with E-state index in [-0.39, 0.29) is 0 Å². The lowest BCUT2D eigenvalue weighted by Gasteiger charge is -2.07. The fourth-order valence-corrected chi connectivity index (χ4v) is 1.29. The van der Waals surface area contributed by atoms with E-state index in [1.165, 1.54) is 0 Å². The van der Waals surface area contributed by atoms with Gasteiger partial charge in [-0.3, -0.25) is 5.32 Å². The first-order valence-electron chi connectivity index (χ1n) is 6.08. The lowest BCUT2D eigenvalue weighted by Crippen LogP contribution is -2.15. The number of hydrogen-bond acceptors (Lipinski definition) is 5. The van der Waals surface area contributed by atoms with Gasteiger partial charge in [-0.15, -0.1) is 0 Å². The number of nitrogen functional groups attached to an aromatic ring is 1. The van der Waals surface area contributed by atoms with Crippen molar-refractivity contribution < 1.29 is 19.0 Å². The first-order chi connectivity index (χ1) is 9.22. The van der Waals surface area contributed by atoms with Gasteiger partial charge in [-0.2, -0.15) is 0 Å². The molecule has 0 aromatic heterocycles. The zero-order chi connectivity index (χ0) is 13.9. The van der Waals surface area contributed by atoms with Crippen molar-refractivity contribution in [2.75, 3.05) is 44.6 Å². The molecule has 1 amide bonds. The molecule has 0 aliphatic carbocycles. The summed E-state index contributed by atoms with van der Waals surface area (Å²) in [6.07, 6.45) is 0.167. The van der Waals surface area contributed by atoms with Gasteiger partial charge < -0.3 is 19.9 Å². The van der Waals surface area contributed by atoms with Crippen LogP contribution in [0.25, 0.3) is 0 Å². The monoisotopic (exact) mass is 268 g/mol. The summed E-state index contributed by atoms with van der Waals surface area (Å²) in [6, 6.07) is 6.84. The molecular weight excluding hydrogens is 248 g/mol. The van der Waals surface area contributed by atoms with E-state index < -0.39 is 6.09 Å². The van der Waals surface area contributed by atoms with E-state index in [1.54, 1.807) is 31.4 Å². The highest BCUT2D eigenvalue weighted by atomic mass is 16.6. The van der Waals surface area contributed by atoms with Gasteiger partial charge in [-0.1, -0.05) is 0 Å². The van der Waals surface area contributed by atoms with Crippen molar-refractivity contribution in [3.05, 3.63) is 24.3 Å². The van der Waals surface area contributed by atoms with Crippen LogP contribution in [0.3, 0.4) is 0 Å². The second-order valence-corrected chi connectivity index (χ2v) is 3.84. The molecule has 1 aromatic carbocycles. The number of hydrogen-bond donors (Lipinski definition) is 2. The van der Waals surface area contributed by atoms with Gasteiger partial charge in [0, 0.05) is 31.5 Å². The number of methoxy groups -OCH3 is 1. The molecule has 0 atom stereocenters. The minimum absolute atomic E-state index is 0.313. The van der Waals surface area contributed by atoms with E-state index in [4.69, 9.17) is 19.9 Å². The van der Waals surface area contributed by atoms with Gasteiger partial charge >= 0.3 is 6.09 Å². The third-order valence-corrected chi connectivity index (χ3v) is 2.26. The molecule has 6 heteroatoms. The lowest BCUT2D eigenvalue weighted by molar-refractivity contribution is 0.0608. The molecule has 0 radical (unpaired) electrons. The number of anilines is 2. The minimum Gasteiger partial charge on any atom is -0.449 e. The van der Waals surface area contributed by atoms with Gasteiger partial charge in [-0.05, 0) is 24.3 Å². The average molecular weight is 268 g/mol. The summed E-state index contributed by atoms with van der Waals surface area (Å²) in [6.45, 7) is 1.97. The fraction of sp³-hybridized carbons (Fsp3) is 0.462. The highest BCUT2D eigenvalue weighted by molar-refractivity contribution is 5.84. The third kappa shape index (κ3) is 7.28. The number of nitrogens with one attached hydrogen (secondary N) is 1. The first-order valence-corrected chi connectivity index (χ1v) is 6.08. The molecule has 6 nitrogen and oxygen atoms in total. The molecule has 3 N–H and O–H groups in total. The fourth-order valence-electron chi connectivity index (χ4n) is 1.29. The molecule has 1 rings (SSSR count). The quantitative estimate of drug-likeness (QED) is 0.555. The Morgan fingerprint density at radius 2 is 1.89 bits per heavy atom. The zero-order valence-electron chi connectivity index (χ0n) is 11.1. The molecule has 0 spiro atoms. The second-order valence-electron chi connectivity index (χ2n) is 3.84. The maximum atomic E-state index is 11.4. The summed E-state index contributed by atoms with van der Waals surface area (Å²) in [4.78, 5) is 11.4. The molecular formula is C13H20N2O4. The van der Waals surface area contributed by atoms with Gasteiger partial charge in [0.1, 0.15) is 0 Å². The number of ether oxygens (including phenoxy) is 3. The van der Waals surface area contributed by atoms with Crippen molar-refractivity contribution in [1.82, 2.24) is 0 Å². The smallest absolute Gasteiger partial charge is 0.411 e. The molecule has 0 aliphatic rings. The maximum absolute atomic E-state index is 11.4. The van der Waals surface area contributed by atoms with Gasteiger partial charge in [0.25, 0.3) is 0 Å². The Labute approximate surface area is 112 Å². The highest BCUT2D eigenvalue weighted by Crippen LogP contribution is 2.10. The second kappa shape index (κ2) is 9.18. The zero-order valence-corrected chi connectivity index (χ0v) is 11.1. The Kier molecular flexibility index (Phi) is 7.38. The molecule has 0 heterocycles. The van der Waals surface area contributed by atoms with Crippen molar-refractivity contribution >= 4 is 17.5 Å². The standard InChI is InChI=1S/C13H20N2O4/c1-17-9-10-18-7-2-8-19-13(16)15-12-5-3-11(14)4-6-12/h3-6H,2,7-10,14H2,1H3,(H,15,16). The van der Waals surface area contributed by atoms with Crippen molar-refractivity contribution in [2.24, 2.45) is 0 Å². The first kappa shape index (κ1) is 15.3. The van der Waals surface area contributed by atoms with E-state index in [2.05, 4.69) is 5.32 Å². The Morgan fingerprint density at radius 3 is 2.58 bits per heavy atom. The Morgan fingerprint density at radius 1 is 1.16 bits per heavy atom. The Hall–Kier alpha value is -1.79. The molecule has 0 bridgehead atoms. The minimum atomic E-state index is -0.485. The molecule has 0 aliphatic heterocycles. The molecule has 0 unspecified atom stereocenters. The van der Waals surface area contributed by atoms with E-state index in [0.717, 1.165) is 0 Å². The van der Waals surface area contributed by atoms with E-state index in [9.17, 15) is 4.79 Å². The van der Waals surface area contributed by atoms with E-state index >= 15 is 0 Å². The summed E-state index contributed by atoms with van der Waals surface area (Å²) >= 11 is 0. The molecule has 19 heavy (non-hydrogen) atoms. The summed E-state index contributed by atoms with van der Waals surface area (Å²) < 4.78 is 15.1. The molecule has 1 aromatic rings. The number of carbonyl (C=O) groups excluding carboxylic acids is 1. The molecule has 0 fully saturated rings. The van der Waals surface area contributed by atoms with Crippen LogP contribution in [0, 0.1) is 0 Å². The Balaban J connectivity index is 2.06. The third-order valence-electron chi connectivity index (χ3n) is 2.26. The van der Waals surface area contributed by atoms with Crippen LogP contribution >= 0.6 is 0 Å². The van der Waals surface area contributed by atoms with E-state index in [1.807, 2.05) is 0 Å². The van der Waals surface area contributed by atoms with Crippen molar-refractivity contribution in [1.29, 1.82) is 0 Å².